The fourth-order valence-corrected chi connectivity index (χ4v) is 5.10. The van der Waals surface area contributed by atoms with Crippen LogP contribution in [0.15, 0.2) is 91.0 Å². The average molecular weight is 610 g/mol. The standard InChI is InChI=1S/C35H36FN5O4/c1-24-4-8-26(9-5-24)33(42)38-29-14-17-32(31(22-29)34(43)37-23-25-6-10-27(36)11-7-25)40-18-3-19-41(21-20-40)35(44)39-28-12-15-30(45-2)16-13-28/h4-17,22H,3,18-21,23H2,1-2H3,(H,37,43)(H,38,42)(H,39,44). The van der Waals surface area contributed by atoms with E-state index in [0.29, 0.717) is 66.5 Å². The summed E-state index contributed by atoms with van der Waals surface area (Å²) in [6.07, 6.45) is 0.693. The molecule has 1 saturated heterocycles. The number of amides is 4. The monoisotopic (exact) mass is 609 g/mol. The van der Waals surface area contributed by atoms with Crippen LogP contribution in [0.1, 0.15) is 38.3 Å². The number of halogens is 1. The average Bonchev–Trinajstić information content (AvgIpc) is 3.31. The molecule has 0 atom stereocenters. The molecule has 10 heteroatoms. The quantitative estimate of drug-likeness (QED) is 0.225. The summed E-state index contributed by atoms with van der Waals surface area (Å²) in [6, 6.07) is 25.4. The molecule has 0 aromatic heterocycles. The molecule has 1 heterocycles. The van der Waals surface area contributed by atoms with Crippen molar-refractivity contribution in [2.24, 2.45) is 0 Å². The van der Waals surface area contributed by atoms with Gasteiger partial charge in [-0.2, -0.15) is 0 Å². The van der Waals surface area contributed by atoms with E-state index in [9.17, 15) is 18.8 Å². The first-order valence-electron chi connectivity index (χ1n) is 14.8. The zero-order chi connectivity index (χ0) is 31.8. The van der Waals surface area contributed by atoms with Gasteiger partial charge in [0.1, 0.15) is 11.6 Å². The van der Waals surface area contributed by atoms with Crippen molar-refractivity contribution in [2.75, 3.05) is 48.8 Å². The Bertz CT molecular complexity index is 1640. The van der Waals surface area contributed by atoms with E-state index in [4.69, 9.17) is 4.74 Å². The summed E-state index contributed by atoms with van der Waals surface area (Å²) < 4.78 is 18.6. The van der Waals surface area contributed by atoms with Crippen molar-refractivity contribution < 1.29 is 23.5 Å². The van der Waals surface area contributed by atoms with Gasteiger partial charge in [-0.05, 0) is 85.6 Å². The van der Waals surface area contributed by atoms with E-state index in [-0.39, 0.29) is 30.2 Å². The lowest BCUT2D eigenvalue weighted by Crippen LogP contribution is -2.38. The number of anilines is 3. The molecule has 1 fully saturated rings. The molecule has 0 saturated carbocycles. The van der Waals surface area contributed by atoms with E-state index in [0.717, 1.165) is 11.1 Å². The van der Waals surface area contributed by atoms with Gasteiger partial charge < -0.3 is 30.5 Å². The molecular weight excluding hydrogens is 573 g/mol. The zero-order valence-corrected chi connectivity index (χ0v) is 25.3. The first-order valence-corrected chi connectivity index (χ1v) is 14.8. The Hall–Kier alpha value is -5.38. The van der Waals surface area contributed by atoms with Gasteiger partial charge in [-0.25, -0.2) is 9.18 Å². The highest BCUT2D eigenvalue weighted by Gasteiger charge is 2.23. The number of rotatable bonds is 8. The van der Waals surface area contributed by atoms with Crippen molar-refractivity contribution in [1.29, 1.82) is 0 Å². The maximum absolute atomic E-state index is 13.6. The summed E-state index contributed by atoms with van der Waals surface area (Å²) in [5, 5.41) is 8.76. The van der Waals surface area contributed by atoms with Crippen LogP contribution in [-0.2, 0) is 6.54 Å². The largest absolute Gasteiger partial charge is 0.497 e. The van der Waals surface area contributed by atoms with E-state index in [1.54, 1.807) is 72.7 Å². The first kappa shape index (κ1) is 31.1. The normalized spacial score (nSPS) is 13.0. The number of urea groups is 1. The molecule has 0 aliphatic carbocycles. The summed E-state index contributed by atoms with van der Waals surface area (Å²) in [4.78, 5) is 43.4. The van der Waals surface area contributed by atoms with Crippen LogP contribution in [0.5, 0.6) is 5.75 Å². The maximum atomic E-state index is 13.6. The smallest absolute Gasteiger partial charge is 0.321 e. The van der Waals surface area contributed by atoms with E-state index in [1.165, 1.54) is 12.1 Å². The van der Waals surface area contributed by atoms with Crippen molar-refractivity contribution in [3.63, 3.8) is 0 Å². The minimum atomic E-state index is -0.350. The summed E-state index contributed by atoms with van der Waals surface area (Å²) in [7, 11) is 1.59. The van der Waals surface area contributed by atoms with Crippen LogP contribution in [0.3, 0.4) is 0 Å². The fraction of sp³-hybridized carbons (Fsp3) is 0.229. The minimum Gasteiger partial charge on any atom is -0.497 e. The Balaban J connectivity index is 1.32. The number of methoxy groups -OCH3 is 1. The predicted molar refractivity (Wildman–Crippen MR) is 174 cm³/mol. The Morgan fingerprint density at radius 2 is 1.49 bits per heavy atom. The molecule has 9 nitrogen and oxygen atoms in total. The van der Waals surface area contributed by atoms with Crippen LogP contribution in [-0.4, -0.2) is 56.0 Å². The lowest BCUT2D eigenvalue weighted by molar-refractivity contribution is 0.0950. The second-order valence-electron chi connectivity index (χ2n) is 10.8. The number of nitrogens with zero attached hydrogens (tertiary/aromatic N) is 2. The van der Waals surface area contributed by atoms with Gasteiger partial charge in [-0.1, -0.05) is 29.8 Å². The first-order chi connectivity index (χ1) is 21.8. The van der Waals surface area contributed by atoms with Gasteiger partial charge in [0, 0.05) is 55.3 Å². The second kappa shape index (κ2) is 14.4. The van der Waals surface area contributed by atoms with Gasteiger partial charge in [0.25, 0.3) is 11.8 Å². The van der Waals surface area contributed by atoms with Crippen LogP contribution < -0.4 is 25.6 Å². The molecule has 1 aliphatic heterocycles. The van der Waals surface area contributed by atoms with Gasteiger partial charge in [0.05, 0.1) is 12.7 Å². The molecule has 232 valence electrons. The molecule has 4 amide bonds. The fourth-order valence-electron chi connectivity index (χ4n) is 5.10. The molecule has 0 bridgehead atoms. The van der Waals surface area contributed by atoms with Crippen LogP contribution in [0.4, 0.5) is 26.2 Å². The summed E-state index contributed by atoms with van der Waals surface area (Å²) >= 11 is 0. The highest BCUT2D eigenvalue weighted by Crippen LogP contribution is 2.27. The molecule has 5 rings (SSSR count). The van der Waals surface area contributed by atoms with E-state index in [1.807, 2.05) is 25.1 Å². The topological polar surface area (TPSA) is 103 Å². The summed E-state index contributed by atoms with van der Waals surface area (Å²) in [6.45, 7) is 4.28. The van der Waals surface area contributed by atoms with Crippen LogP contribution in [0, 0.1) is 12.7 Å². The lowest BCUT2D eigenvalue weighted by Gasteiger charge is -2.26. The second-order valence-corrected chi connectivity index (χ2v) is 10.8. The van der Waals surface area contributed by atoms with Crippen molar-refractivity contribution >= 4 is 34.9 Å². The third kappa shape index (κ3) is 8.17. The summed E-state index contributed by atoms with van der Waals surface area (Å²) in [5.74, 6) is -0.262. The minimum absolute atomic E-state index is 0.201. The van der Waals surface area contributed by atoms with Gasteiger partial charge in [0.15, 0.2) is 0 Å². The molecule has 4 aromatic rings. The Morgan fingerprint density at radius 1 is 0.778 bits per heavy atom. The Kier molecular flexibility index (Phi) is 9.93. The van der Waals surface area contributed by atoms with Crippen molar-refractivity contribution in [3.8, 4) is 5.75 Å². The van der Waals surface area contributed by atoms with Gasteiger partial charge in [-0.3, -0.25) is 9.59 Å². The van der Waals surface area contributed by atoms with E-state index >= 15 is 0 Å². The summed E-state index contributed by atoms with van der Waals surface area (Å²) in [5.41, 5.74) is 4.53. The molecule has 0 unspecified atom stereocenters. The molecule has 0 radical (unpaired) electrons. The molecule has 4 aromatic carbocycles. The van der Waals surface area contributed by atoms with Gasteiger partial charge in [-0.15, -0.1) is 0 Å². The number of nitrogens with one attached hydrogen (secondary N) is 3. The number of benzene rings is 4. The number of hydrogen-bond donors (Lipinski definition) is 3. The number of hydrogen-bond acceptors (Lipinski definition) is 5. The number of ether oxygens (including phenoxy) is 1. The van der Waals surface area contributed by atoms with Crippen LogP contribution >= 0.6 is 0 Å². The molecule has 3 N–H and O–H groups in total. The highest BCUT2D eigenvalue weighted by molar-refractivity contribution is 6.06. The van der Waals surface area contributed by atoms with Crippen molar-refractivity contribution in [1.82, 2.24) is 10.2 Å². The van der Waals surface area contributed by atoms with Crippen molar-refractivity contribution in [3.05, 3.63) is 119 Å². The number of aryl methyl sites for hydroxylation is 1. The van der Waals surface area contributed by atoms with E-state index in [2.05, 4.69) is 20.9 Å². The molecular formula is C35H36FN5O4. The Labute approximate surface area is 262 Å². The van der Waals surface area contributed by atoms with Crippen LogP contribution in [0.25, 0.3) is 0 Å². The van der Waals surface area contributed by atoms with Gasteiger partial charge in [0.2, 0.25) is 0 Å². The van der Waals surface area contributed by atoms with Crippen molar-refractivity contribution in [2.45, 2.75) is 19.9 Å². The number of carbonyl (C=O) groups excluding carboxylic acids is 3. The molecule has 1 aliphatic rings. The maximum Gasteiger partial charge on any atom is 0.321 e. The third-order valence-corrected chi connectivity index (χ3v) is 7.64. The highest BCUT2D eigenvalue weighted by atomic mass is 19.1. The van der Waals surface area contributed by atoms with Crippen LogP contribution in [0.2, 0.25) is 0 Å². The predicted octanol–water partition coefficient (Wildman–Crippen LogP) is 6.07. The molecule has 45 heavy (non-hydrogen) atoms. The number of carbonyl (C=O) groups is 3. The Morgan fingerprint density at radius 3 is 2.20 bits per heavy atom. The lowest BCUT2D eigenvalue weighted by atomic mass is 10.1. The zero-order valence-electron chi connectivity index (χ0n) is 25.3. The third-order valence-electron chi connectivity index (χ3n) is 7.64. The van der Waals surface area contributed by atoms with Gasteiger partial charge >= 0.3 is 6.03 Å². The SMILES string of the molecule is COc1ccc(NC(=O)N2CCCN(c3ccc(NC(=O)c4ccc(C)cc4)cc3C(=O)NCc3ccc(F)cc3)CC2)cc1. The van der Waals surface area contributed by atoms with E-state index < -0.39 is 0 Å². The molecule has 0 spiro atoms.